The van der Waals surface area contributed by atoms with Gasteiger partial charge in [0.1, 0.15) is 11.5 Å². The smallest absolute Gasteiger partial charge is 0.305 e. The molecule has 0 heterocycles. The van der Waals surface area contributed by atoms with E-state index in [1.807, 2.05) is 31.2 Å². The highest BCUT2D eigenvalue weighted by molar-refractivity contribution is 6.30. The van der Waals surface area contributed by atoms with Crippen LogP contribution in [0.4, 0.5) is 0 Å². The third kappa shape index (κ3) is 15.0. The Kier molecular flexibility index (Phi) is 15.2. The Balaban J connectivity index is 1.83. The summed E-state index contributed by atoms with van der Waals surface area (Å²) in [5.74, 6) is 1.11. The van der Waals surface area contributed by atoms with Crippen molar-refractivity contribution in [2.75, 3.05) is 13.2 Å². The normalized spacial score (nSPS) is 10.7. The van der Waals surface area contributed by atoms with E-state index in [-0.39, 0.29) is 5.97 Å². The molecule has 0 aliphatic carbocycles. The molecule has 1 aromatic rings. The van der Waals surface area contributed by atoms with E-state index >= 15 is 0 Å². The lowest BCUT2D eigenvalue weighted by Gasteiger charge is -2.06. The van der Waals surface area contributed by atoms with E-state index in [0.717, 1.165) is 44.3 Å². The molecule has 0 aliphatic heterocycles. The van der Waals surface area contributed by atoms with Gasteiger partial charge in [0.25, 0.3) is 0 Å². The van der Waals surface area contributed by atoms with Gasteiger partial charge in [0.15, 0.2) is 0 Å². The van der Waals surface area contributed by atoms with Gasteiger partial charge in [-0.05, 0) is 56.9 Å². The van der Waals surface area contributed by atoms with Crippen LogP contribution >= 0.6 is 11.6 Å². The molecular weight excluding hydrogens is 388 g/mol. The maximum absolute atomic E-state index is 11.9. The van der Waals surface area contributed by atoms with Crippen LogP contribution in [0.25, 0.3) is 0 Å². The van der Waals surface area contributed by atoms with Crippen molar-refractivity contribution in [3.63, 3.8) is 0 Å². The first-order valence-corrected chi connectivity index (χ1v) is 11.5. The Labute approximate surface area is 181 Å². The molecule has 0 N–H and O–H groups in total. The second kappa shape index (κ2) is 17.3. The topological polar surface area (TPSA) is 52.6 Å². The molecule has 1 rings (SSSR count). The second-order valence-corrected chi connectivity index (χ2v) is 7.87. The summed E-state index contributed by atoms with van der Waals surface area (Å²) < 4.78 is 10.5. The molecule has 29 heavy (non-hydrogen) atoms. The molecule has 0 amide bonds. The number of unbranched alkanes of at least 4 members (excludes halogenated alkanes) is 8. The molecule has 0 aliphatic rings. The van der Waals surface area contributed by atoms with E-state index in [1.54, 1.807) is 0 Å². The van der Waals surface area contributed by atoms with Crippen LogP contribution in [0.5, 0.6) is 5.75 Å². The minimum Gasteiger partial charge on any atom is -0.494 e. The fourth-order valence-electron chi connectivity index (χ4n) is 3.16. The van der Waals surface area contributed by atoms with Gasteiger partial charge in [-0.1, -0.05) is 50.1 Å². The quantitative estimate of drug-likeness (QED) is 0.189. The number of Topliss-reactive ketones (excluding diaryl/α,β-unsaturated/α-hetero) is 1. The standard InChI is InChI=1S/C24H37ClO4/c1-2-28-24(27)15-10-8-6-4-3-5-7-9-13-22(26)14-11-12-20-29-23-18-16-21(25)17-19-23/h16-19H,2-15,20H2,1H3. The van der Waals surface area contributed by atoms with Gasteiger partial charge in [0, 0.05) is 24.3 Å². The lowest BCUT2D eigenvalue weighted by Crippen LogP contribution is -2.03. The van der Waals surface area contributed by atoms with Gasteiger partial charge in [-0.15, -0.1) is 0 Å². The van der Waals surface area contributed by atoms with Crippen LogP contribution in [0, 0.1) is 0 Å². The molecule has 0 aromatic heterocycles. The van der Waals surface area contributed by atoms with Crippen molar-refractivity contribution < 1.29 is 19.1 Å². The molecular formula is C24H37ClO4. The van der Waals surface area contributed by atoms with Gasteiger partial charge >= 0.3 is 5.97 Å². The van der Waals surface area contributed by atoms with Gasteiger partial charge in [-0.3, -0.25) is 9.59 Å². The van der Waals surface area contributed by atoms with Crippen LogP contribution in [0.2, 0.25) is 5.02 Å². The minimum atomic E-state index is -0.0775. The first kappa shape index (κ1) is 25.5. The lowest BCUT2D eigenvalue weighted by atomic mass is 10.0. The fourth-order valence-corrected chi connectivity index (χ4v) is 3.28. The number of ketones is 1. The predicted octanol–water partition coefficient (Wildman–Crippen LogP) is 6.92. The van der Waals surface area contributed by atoms with E-state index in [4.69, 9.17) is 21.1 Å². The first-order valence-electron chi connectivity index (χ1n) is 11.2. The van der Waals surface area contributed by atoms with Gasteiger partial charge in [0.2, 0.25) is 0 Å². The van der Waals surface area contributed by atoms with Gasteiger partial charge in [-0.25, -0.2) is 0 Å². The molecule has 0 unspecified atom stereocenters. The van der Waals surface area contributed by atoms with E-state index < -0.39 is 0 Å². The number of esters is 1. The van der Waals surface area contributed by atoms with Crippen molar-refractivity contribution in [3.8, 4) is 5.75 Å². The summed E-state index contributed by atoms with van der Waals surface area (Å²) >= 11 is 5.84. The van der Waals surface area contributed by atoms with Gasteiger partial charge in [-0.2, -0.15) is 0 Å². The predicted molar refractivity (Wildman–Crippen MR) is 119 cm³/mol. The molecule has 5 heteroatoms. The average Bonchev–Trinajstić information content (AvgIpc) is 2.70. The summed E-state index contributed by atoms with van der Waals surface area (Å²) in [5.41, 5.74) is 0. The molecule has 164 valence electrons. The number of benzene rings is 1. The summed E-state index contributed by atoms with van der Waals surface area (Å²) in [6.45, 7) is 2.94. The highest BCUT2D eigenvalue weighted by Gasteiger charge is 2.03. The van der Waals surface area contributed by atoms with E-state index in [0.29, 0.717) is 43.3 Å². The van der Waals surface area contributed by atoms with Crippen molar-refractivity contribution in [2.24, 2.45) is 0 Å². The van der Waals surface area contributed by atoms with Gasteiger partial charge < -0.3 is 9.47 Å². The third-order valence-corrected chi connectivity index (χ3v) is 5.08. The number of ether oxygens (including phenoxy) is 2. The van der Waals surface area contributed by atoms with Crippen molar-refractivity contribution >= 4 is 23.4 Å². The van der Waals surface area contributed by atoms with Gasteiger partial charge in [0.05, 0.1) is 13.2 Å². The number of rotatable bonds is 18. The van der Waals surface area contributed by atoms with E-state index in [2.05, 4.69) is 0 Å². The number of carbonyl (C=O) groups is 2. The fraction of sp³-hybridized carbons (Fsp3) is 0.667. The SMILES string of the molecule is CCOC(=O)CCCCCCCCCCC(=O)CCCCOc1ccc(Cl)cc1. The average molecular weight is 425 g/mol. The number of hydrogen-bond donors (Lipinski definition) is 0. The highest BCUT2D eigenvalue weighted by atomic mass is 35.5. The Bertz CT molecular complexity index is 557. The summed E-state index contributed by atoms with van der Waals surface area (Å²) in [7, 11) is 0. The summed E-state index contributed by atoms with van der Waals surface area (Å²) in [6.07, 6.45) is 12.7. The Morgan fingerprint density at radius 3 is 1.86 bits per heavy atom. The molecule has 0 saturated heterocycles. The van der Waals surface area contributed by atoms with Crippen molar-refractivity contribution in [1.82, 2.24) is 0 Å². The Hall–Kier alpha value is -1.55. The Morgan fingerprint density at radius 2 is 1.28 bits per heavy atom. The lowest BCUT2D eigenvalue weighted by molar-refractivity contribution is -0.143. The highest BCUT2D eigenvalue weighted by Crippen LogP contribution is 2.16. The molecule has 4 nitrogen and oxygen atoms in total. The number of carbonyl (C=O) groups excluding carboxylic acids is 2. The van der Waals surface area contributed by atoms with Crippen LogP contribution in [-0.2, 0) is 14.3 Å². The zero-order valence-corrected chi connectivity index (χ0v) is 18.7. The van der Waals surface area contributed by atoms with Crippen molar-refractivity contribution in [2.45, 2.75) is 90.4 Å². The van der Waals surface area contributed by atoms with E-state index in [1.165, 1.54) is 25.7 Å². The van der Waals surface area contributed by atoms with Crippen LogP contribution in [0.3, 0.4) is 0 Å². The maximum atomic E-state index is 11.9. The monoisotopic (exact) mass is 424 g/mol. The van der Waals surface area contributed by atoms with Crippen LogP contribution in [0.15, 0.2) is 24.3 Å². The molecule has 0 atom stereocenters. The first-order chi connectivity index (χ1) is 14.1. The summed E-state index contributed by atoms with van der Waals surface area (Å²) in [4.78, 5) is 23.1. The molecule has 1 aromatic carbocycles. The molecule has 0 fully saturated rings. The largest absolute Gasteiger partial charge is 0.494 e. The van der Waals surface area contributed by atoms with Crippen LogP contribution in [-0.4, -0.2) is 25.0 Å². The zero-order valence-electron chi connectivity index (χ0n) is 17.9. The zero-order chi connectivity index (χ0) is 21.2. The molecule has 0 radical (unpaired) electrons. The minimum absolute atomic E-state index is 0.0775. The molecule has 0 spiro atoms. The number of halogens is 1. The molecule has 0 bridgehead atoms. The maximum Gasteiger partial charge on any atom is 0.305 e. The summed E-state index contributed by atoms with van der Waals surface area (Å²) in [6, 6.07) is 7.34. The van der Waals surface area contributed by atoms with Crippen molar-refractivity contribution in [1.29, 1.82) is 0 Å². The number of hydrogen-bond acceptors (Lipinski definition) is 4. The van der Waals surface area contributed by atoms with Crippen molar-refractivity contribution in [3.05, 3.63) is 29.3 Å². The third-order valence-electron chi connectivity index (χ3n) is 4.82. The molecule has 0 saturated carbocycles. The van der Waals surface area contributed by atoms with Crippen LogP contribution < -0.4 is 4.74 Å². The Morgan fingerprint density at radius 1 is 0.759 bits per heavy atom. The van der Waals surface area contributed by atoms with E-state index in [9.17, 15) is 9.59 Å². The second-order valence-electron chi connectivity index (χ2n) is 7.43. The van der Waals surface area contributed by atoms with Crippen LogP contribution in [0.1, 0.15) is 90.4 Å². The summed E-state index contributed by atoms with van der Waals surface area (Å²) in [5, 5.41) is 0.703.